The second-order valence-corrected chi connectivity index (χ2v) is 1.34. The molecule has 0 heterocycles. The molecule has 7 heavy (non-hydrogen) atoms. The molecule has 0 saturated heterocycles. The predicted molar refractivity (Wildman–Crippen MR) is 14.2 cm³/mol. The molecular formula is H2Hg2O4S. The Bertz CT molecular complexity index is 92.9. The fourth-order valence-electron chi connectivity index (χ4n) is 0. The van der Waals surface area contributed by atoms with Gasteiger partial charge in [0.05, 0.1) is 0 Å². The van der Waals surface area contributed by atoms with E-state index >= 15 is 0 Å². The fraction of sp³-hybridized carbons (Fsp3) is 0. The Hall–Kier alpha value is 1.74. The van der Waals surface area contributed by atoms with Crippen molar-refractivity contribution in [3.05, 3.63) is 0 Å². The summed E-state index contributed by atoms with van der Waals surface area (Å²) < 4.78 is 31.6. The van der Waals surface area contributed by atoms with Gasteiger partial charge in [-0.1, -0.05) is 0 Å². The van der Waals surface area contributed by atoms with Crippen molar-refractivity contribution in [3.63, 3.8) is 0 Å². The van der Waals surface area contributed by atoms with Gasteiger partial charge in [-0.2, -0.15) is 8.42 Å². The molecule has 0 aliphatic carbocycles. The topological polar surface area (TPSA) is 74.6 Å². The molecule has 0 bridgehead atoms. The monoisotopic (exact) mass is 502 g/mol. The van der Waals surface area contributed by atoms with Crippen LogP contribution >= 0.6 is 0 Å². The van der Waals surface area contributed by atoms with Gasteiger partial charge in [0.1, 0.15) is 0 Å². The minimum atomic E-state index is -4.67. The molecule has 0 aromatic rings. The van der Waals surface area contributed by atoms with Crippen LogP contribution in [0.3, 0.4) is 0 Å². The molecular weight excluding hydrogens is 497 g/mol. The van der Waals surface area contributed by atoms with Crippen molar-refractivity contribution >= 4 is 10.4 Å². The smallest absolute Gasteiger partial charge is 0.264 e. The Kier molecular flexibility index (Phi) is 13.3. The van der Waals surface area contributed by atoms with E-state index in [1.165, 1.54) is 0 Å². The summed E-state index contributed by atoms with van der Waals surface area (Å²) in [6, 6.07) is 0. The molecule has 0 saturated carbocycles. The molecule has 0 atom stereocenters. The second-order valence-electron chi connectivity index (χ2n) is 0.448. The van der Waals surface area contributed by atoms with Gasteiger partial charge in [-0.15, -0.1) is 0 Å². The van der Waals surface area contributed by atoms with Gasteiger partial charge in [-0.05, 0) is 0 Å². The minimum absolute atomic E-state index is 0. The average molecular weight is 499 g/mol. The van der Waals surface area contributed by atoms with Crippen molar-refractivity contribution in [2.75, 3.05) is 0 Å². The first-order chi connectivity index (χ1) is 2.00. The van der Waals surface area contributed by atoms with Crippen LogP contribution in [0.5, 0.6) is 0 Å². The van der Waals surface area contributed by atoms with E-state index in [0.717, 1.165) is 0 Å². The minimum Gasteiger partial charge on any atom is -0.264 e. The first kappa shape index (κ1) is 15.9. The van der Waals surface area contributed by atoms with E-state index in [1.54, 1.807) is 0 Å². The van der Waals surface area contributed by atoms with E-state index in [9.17, 15) is 0 Å². The molecule has 0 fully saturated rings. The zero-order valence-corrected chi connectivity index (χ0v) is 15.3. The summed E-state index contributed by atoms with van der Waals surface area (Å²) in [5.74, 6) is 0. The maximum atomic E-state index is 8.74. The van der Waals surface area contributed by atoms with E-state index in [-0.39, 0.29) is 55.3 Å². The van der Waals surface area contributed by atoms with Gasteiger partial charge in [0.15, 0.2) is 0 Å². The Labute approximate surface area is 82.3 Å². The Balaban J connectivity index is -0.0000000800. The molecule has 0 amide bonds. The van der Waals surface area contributed by atoms with Crippen LogP contribution in [-0.2, 0) is 65.7 Å². The summed E-state index contributed by atoms with van der Waals surface area (Å²) in [4.78, 5) is 0. The van der Waals surface area contributed by atoms with Crippen LogP contribution in [0.4, 0.5) is 0 Å². The molecule has 2 N–H and O–H groups in total. The van der Waals surface area contributed by atoms with Crippen LogP contribution in [-0.4, -0.2) is 17.5 Å². The second kappa shape index (κ2) is 5.87. The molecule has 0 unspecified atom stereocenters. The molecule has 0 spiro atoms. The normalized spacial score (nSPS) is 8.29. The van der Waals surface area contributed by atoms with Gasteiger partial charge in [0.2, 0.25) is 0 Å². The van der Waals surface area contributed by atoms with Crippen LogP contribution in [0.1, 0.15) is 0 Å². The summed E-state index contributed by atoms with van der Waals surface area (Å²) in [5.41, 5.74) is 0. The molecule has 7 heteroatoms. The van der Waals surface area contributed by atoms with Crippen LogP contribution < -0.4 is 0 Å². The largest absolute Gasteiger partial charge is 0.394 e. The maximum absolute atomic E-state index is 8.74. The number of rotatable bonds is 0. The van der Waals surface area contributed by atoms with Gasteiger partial charge in [0.25, 0.3) is 0 Å². The average Bonchev–Trinajstić information content (AvgIpc) is 0.722. The number of hydrogen-bond acceptors (Lipinski definition) is 2. The summed E-state index contributed by atoms with van der Waals surface area (Å²) in [7, 11) is -4.67. The van der Waals surface area contributed by atoms with Crippen molar-refractivity contribution in [1.29, 1.82) is 0 Å². The molecule has 0 radical (unpaired) electrons. The van der Waals surface area contributed by atoms with Crippen molar-refractivity contribution in [1.82, 2.24) is 0 Å². The third kappa shape index (κ3) is 84.2. The molecule has 36 valence electrons. The van der Waals surface area contributed by atoms with Gasteiger partial charge in [-0.25, -0.2) is 0 Å². The summed E-state index contributed by atoms with van der Waals surface area (Å²) in [5, 5.41) is 0. The summed E-state index contributed by atoms with van der Waals surface area (Å²) in [6.07, 6.45) is 0. The van der Waals surface area contributed by atoms with Crippen molar-refractivity contribution in [3.8, 4) is 0 Å². The van der Waals surface area contributed by atoms with Crippen LogP contribution in [0.25, 0.3) is 0 Å². The quantitative estimate of drug-likeness (QED) is 0.343. The molecule has 0 aromatic carbocycles. The van der Waals surface area contributed by atoms with Crippen molar-refractivity contribution < 1.29 is 72.9 Å². The zero-order valence-electron chi connectivity index (χ0n) is 3.53. The van der Waals surface area contributed by atoms with Crippen LogP contribution in [0, 0.1) is 0 Å². The molecule has 0 aliphatic heterocycles. The van der Waals surface area contributed by atoms with Gasteiger partial charge >= 0.3 is 10.4 Å². The van der Waals surface area contributed by atoms with Crippen LogP contribution in [0.2, 0.25) is 0 Å². The third-order valence-electron chi connectivity index (χ3n) is 0. The van der Waals surface area contributed by atoms with E-state index in [0.29, 0.717) is 0 Å². The first-order valence-electron chi connectivity index (χ1n) is 0.698. The Morgan fingerprint density at radius 2 is 1.00 bits per heavy atom. The van der Waals surface area contributed by atoms with Gasteiger partial charge in [-0.3, -0.25) is 9.11 Å². The maximum Gasteiger partial charge on any atom is 0.394 e. The van der Waals surface area contributed by atoms with E-state index in [1.807, 2.05) is 0 Å². The fourth-order valence-corrected chi connectivity index (χ4v) is 0. The summed E-state index contributed by atoms with van der Waals surface area (Å²) in [6.45, 7) is 0. The molecule has 0 rings (SSSR count). The number of hydrogen-bond donors (Lipinski definition) is 2. The van der Waals surface area contributed by atoms with Crippen molar-refractivity contribution in [2.45, 2.75) is 0 Å². The Morgan fingerprint density at radius 3 is 1.00 bits per heavy atom. The predicted octanol–water partition coefficient (Wildman–Crippen LogP) is -0.658. The zero-order chi connectivity index (χ0) is 4.50. The summed E-state index contributed by atoms with van der Waals surface area (Å²) >= 11 is 0. The van der Waals surface area contributed by atoms with E-state index < -0.39 is 10.4 Å². The van der Waals surface area contributed by atoms with E-state index in [4.69, 9.17) is 17.5 Å². The first-order valence-corrected chi connectivity index (χ1v) is 2.10. The molecule has 4 nitrogen and oxygen atoms in total. The molecule has 0 aromatic heterocycles. The van der Waals surface area contributed by atoms with Crippen LogP contribution in [0.15, 0.2) is 0 Å². The van der Waals surface area contributed by atoms with Crippen molar-refractivity contribution in [2.24, 2.45) is 0 Å². The van der Waals surface area contributed by atoms with E-state index in [2.05, 4.69) is 0 Å². The third-order valence-corrected chi connectivity index (χ3v) is 0. The SMILES string of the molecule is O=S(=O)(O)O.[Hg].[Hg]. The standard InChI is InChI=1S/2Hg.H2O4S/c;;1-5(2,3)4/h;;(H2,1,2,3,4). The van der Waals surface area contributed by atoms with Gasteiger partial charge < -0.3 is 0 Å². The Morgan fingerprint density at radius 1 is 1.00 bits per heavy atom. The van der Waals surface area contributed by atoms with Gasteiger partial charge in [0, 0.05) is 55.3 Å². The molecule has 0 aliphatic rings.